The van der Waals surface area contributed by atoms with Crippen LogP contribution in [-0.2, 0) is 6.61 Å². The summed E-state index contributed by atoms with van der Waals surface area (Å²) < 4.78 is 17.3. The van der Waals surface area contributed by atoms with Crippen LogP contribution in [0.25, 0.3) is 11.3 Å². The van der Waals surface area contributed by atoms with Gasteiger partial charge in [-0.05, 0) is 45.0 Å². The molecule has 0 bridgehead atoms. The number of carbonyl (C=O) groups excluding carboxylic acids is 1. The monoisotopic (exact) mass is 448 g/mol. The molecule has 0 saturated heterocycles. The van der Waals surface area contributed by atoms with E-state index in [0.717, 1.165) is 5.56 Å². The van der Waals surface area contributed by atoms with Gasteiger partial charge in [0.05, 0.1) is 42.9 Å². The number of methoxy groups -OCH3 is 1. The van der Waals surface area contributed by atoms with Gasteiger partial charge in [-0.15, -0.1) is 0 Å². The molecule has 0 saturated carbocycles. The molecule has 2 aromatic carbocycles. The van der Waals surface area contributed by atoms with Gasteiger partial charge in [-0.1, -0.05) is 6.07 Å². The second kappa shape index (κ2) is 8.54. The predicted molar refractivity (Wildman–Crippen MR) is 120 cm³/mol. The molecule has 0 amide bonds. The summed E-state index contributed by atoms with van der Waals surface area (Å²) in [5.74, 6) is 0.355. The van der Waals surface area contributed by atoms with Gasteiger partial charge in [-0.2, -0.15) is 0 Å². The maximum atomic E-state index is 12.4. The zero-order valence-electron chi connectivity index (χ0n) is 18.8. The molecule has 1 aliphatic rings. The molecule has 1 aromatic heterocycles. The number of carboxylic acid groups (broad SMARTS) is 1. The quantitative estimate of drug-likeness (QED) is 0.588. The Kier molecular flexibility index (Phi) is 5.76. The van der Waals surface area contributed by atoms with Crippen LogP contribution in [0.1, 0.15) is 52.2 Å². The molecule has 33 heavy (non-hydrogen) atoms. The van der Waals surface area contributed by atoms with E-state index in [4.69, 9.17) is 14.2 Å². The van der Waals surface area contributed by atoms with Gasteiger partial charge in [-0.3, -0.25) is 14.8 Å². The highest BCUT2D eigenvalue weighted by Gasteiger charge is 2.34. The number of Topliss-reactive ketones (excluding diaryl/α,β-unsaturated/α-hetero) is 1. The molecule has 0 unspecified atom stereocenters. The number of rotatable bonds is 6. The van der Waals surface area contributed by atoms with Crippen molar-refractivity contribution in [3.05, 3.63) is 65.1 Å². The normalized spacial score (nSPS) is 14.2. The highest BCUT2D eigenvalue weighted by molar-refractivity contribution is 6.01. The van der Waals surface area contributed by atoms with Crippen molar-refractivity contribution >= 4 is 11.8 Å². The minimum absolute atomic E-state index is 0.0518. The fraction of sp³-hybridized carbons (Fsp3) is 0.280. The molecule has 1 N–H and O–H groups in total. The van der Waals surface area contributed by atoms with Gasteiger partial charge in [0.1, 0.15) is 35.0 Å². The lowest BCUT2D eigenvalue weighted by Crippen LogP contribution is -2.36. The number of aromatic carboxylic acids is 1. The number of para-hydroxylation sites is 1. The van der Waals surface area contributed by atoms with E-state index in [1.54, 1.807) is 36.7 Å². The van der Waals surface area contributed by atoms with Crippen LogP contribution in [0, 0.1) is 6.92 Å². The average Bonchev–Trinajstić information content (AvgIpc) is 2.78. The van der Waals surface area contributed by atoms with Gasteiger partial charge in [0.15, 0.2) is 5.78 Å². The Morgan fingerprint density at radius 3 is 2.61 bits per heavy atom. The Balaban J connectivity index is 1.53. The third kappa shape index (κ3) is 4.37. The van der Waals surface area contributed by atoms with Crippen molar-refractivity contribution in [1.29, 1.82) is 0 Å². The number of carbonyl (C=O) groups is 2. The van der Waals surface area contributed by atoms with Crippen molar-refractivity contribution in [1.82, 2.24) is 9.97 Å². The molecule has 170 valence electrons. The predicted octanol–water partition coefficient (Wildman–Crippen LogP) is 4.48. The minimum atomic E-state index is -1.08. The molecule has 0 fully saturated rings. The van der Waals surface area contributed by atoms with Crippen LogP contribution >= 0.6 is 0 Å². The number of ether oxygens (including phenoxy) is 3. The molecule has 1 aliphatic heterocycles. The van der Waals surface area contributed by atoms with Gasteiger partial charge in [-0.25, -0.2) is 4.79 Å². The fourth-order valence-corrected chi connectivity index (χ4v) is 3.82. The molecule has 0 aliphatic carbocycles. The number of aromatic nitrogens is 2. The van der Waals surface area contributed by atoms with Crippen LogP contribution in [0.3, 0.4) is 0 Å². The first-order valence-corrected chi connectivity index (χ1v) is 10.4. The molecule has 2 heterocycles. The van der Waals surface area contributed by atoms with Gasteiger partial charge in [0, 0.05) is 11.1 Å². The van der Waals surface area contributed by atoms with E-state index < -0.39 is 11.6 Å². The first-order chi connectivity index (χ1) is 15.7. The maximum Gasteiger partial charge on any atom is 0.339 e. The Hall–Kier alpha value is -3.94. The lowest BCUT2D eigenvalue weighted by molar-refractivity contribution is 0.0611. The van der Waals surface area contributed by atoms with Crippen LogP contribution in [0.5, 0.6) is 17.2 Å². The summed E-state index contributed by atoms with van der Waals surface area (Å²) in [6, 6.07) is 8.32. The number of benzene rings is 2. The van der Waals surface area contributed by atoms with E-state index >= 15 is 0 Å². The number of carboxylic acids is 1. The van der Waals surface area contributed by atoms with Crippen molar-refractivity contribution < 1.29 is 28.9 Å². The van der Waals surface area contributed by atoms with Crippen LogP contribution in [-0.4, -0.2) is 39.5 Å². The average molecular weight is 448 g/mol. The lowest BCUT2D eigenvalue weighted by atomic mass is 9.91. The molecule has 3 aromatic rings. The first kappa shape index (κ1) is 22.3. The van der Waals surface area contributed by atoms with Crippen LogP contribution in [0.2, 0.25) is 0 Å². The Labute approximate surface area is 191 Å². The second-order valence-electron chi connectivity index (χ2n) is 8.40. The number of ketones is 1. The van der Waals surface area contributed by atoms with Gasteiger partial charge in [0.25, 0.3) is 0 Å². The maximum absolute atomic E-state index is 12.4. The highest BCUT2D eigenvalue weighted by Crippen LogP contribution is 2.39. The number of fused-ring (bicyclic) bond motifs is 1. The summed E-state index contributed by atoms with van der Waals surface area (Å²) >= 11 is 0. The smallest absolute Gasteiger partial charge is 0.339 e. The Morgan fingerprint density at radius 1 is 1.15 bits per heavy atom. The molecule has 8 nitrogen and oxygen atoms in total. The van der Waals surface area contributed by atoms with E-state index in [2.05, 4.69) is 9.97 Å². The Morgan fingerprint density at radius 2 is 1.94 bits per heavy atom. The van der Waals surface area contributed by atoms with E-state index in [-0.39, 0.29) is 23.7 Å². The fourth-order valence-electron chi connectivity index (χ4n) is 3.82. The zero-order chi connectivity index (χ0) is 23.8. The SMILES string of the molecule is COc1c(C(=O)O)cccc1-c1cnc(COc2ccc3c(c2C)OC(C)(C)CC3=O)cn1. The van der Waals surface area contributed by atoms with Crippen molar-refractivity contribution in [3.63, 3.8) is 0 Å². The van der Waals surface area contributed by atoms with Gasteiger partial charge >= 0.3 is 5.97 Å². The molecule has 4 rings (SSSR count). The topological polar surface area (TPSA) is 108 Å². The molecule has 0 atom stereocenters. The zero-order valence-corrected chi connectivity index (χ0v) is 18.8. The van der Waals surface area contributed by atoms with Crippen molar-refractivity contribution in [2.45, 2.75) is 39.4 Å². The number of hydrogen-bond donors (Lipinski definition) is 1. The summed E-state index contributed by atoms with van der Waals surface area (Å²) in [6.07, 6.45) is 3.45. The molecule has 0 spiro atoms. The molecule has 8 heteroatoms. The van der Waals surface area contributed by atoms with Crippen molar-refractivity contribution in [3.8, 4) is 28.5 Å². The van der Waals surface area contributed by atoms with Crippen LogP contribution in [0.4, 0.5) is 0 Å². The largest absolute Gasteiger partial charge is 0.495 e. The van der Waals surface area contributed by atoms with E-state index in [1.807, 2.05) is 20.8 Å². The first-order valence-electron chi connectivity index (χ1n) is 10.4. The lowest BCUT2D eigenvalue weighted by Gasteiger charge is -2.33. The molecular formula is C25H24N2O6. The number of hydrogen-bond acceptors (Lipinski definition) is 7. The third-order valence-corrected chi connectivity index (χ3v) is 5.43. The van der Waals surface area contributed by atoms with Crippen LogP contribution < -0.4 is 14.2 Å². The Bertz CT molecular complexity index is 1230. The van der Waals surface area contributed by atoms with E-state index in [1.165, 1.54) is 13.2 Å². The van der Waals surface area contributed by atoms with Crippen molar-refractivity contribution in [2.24, 2.45) is 0 Å². The molecular weight excluding hydrogens is 424 g/mol. The second-order valence-corrected chi connectivity index (χ2v) is 8.40. The standard InChI is InChI=1S/C25H24N2O6/c1-14-21(9-8-17-20(28)10-25(2,3)33-22(14)17)32-13-15-11-27-19(12-26-15)16-6-5-7-18(24(29)30)23(16)31-4/h5-9,11-12H,10,13H2,1-4H3,(H,29,30). The molecule has 0 radical (unpaired) electrons. The minimum Gasteiger partial charge on any atom is -0.495 e. The summed E-state index contributed by atoms with van der Waals surface area (Å²) in [5, 5.41) is 9.37. The summed E-state index contributed by atoms with van der Waals surface area (Å²) in [6.45, 7) is 5.80. The van der Waals surface area contributed by atoms with E-state index in [9.17, 15) is 14.7 Å². The number of nitrogens with zero attached hydrogens (tertiary/aromatic N) is 2. The van der Waals surface area contributed by atoms with Crippen molar-refractivity contribution in [2.75, 3.05) is 7.11 Å². The summed E-state index contributed by atoms with van der Waals surface area (Å²) in [7, 11) is 1.42. The van der Waals surface area contributed by atoms with Gasteiger partial charge < -0.3 is 19.3 Å². The van der Waals surface area contributed by atoms with Crippen LogP contribution in [0.15, 0.2) is 42.7 Å². The highest BCUT2D eigenvalue weighted by atomic mass is 16.5. The summed E-state index contributed by atoms with van der Waals surface area (Å²) in [5.41, 5.74) is 2.42. The third-order valence-electron chi connectivity index (χ3n) is 5.43. The van der Waals surface area contributed by atoms with Gasteiger partial charge in [0.2, 0.25) is 0 Å². The van der Waals surface area contributed by atoms with E-state index in [0.29, 0.717) is 40.4 Å². The summed E-state index contributed by atoms with van der Waals surface area (Å²) in [4.78, 5) is 32.7.